The molecule has 0 amide bonds. The number of unbranched alkanes of at least 4 members (excludes halogenated alkanes) is 15. The van der Waals surface area contributed by atoms with Crippen LogP contribution in [0.1, 0.15) is 103 Å². The normalized spacial score (nSPS) is 12.0. The molecule has 0 fully saturated rings. The topological polar surface area (TPSA) is 0 Å². The standard InChI is InChI=1S/C20H42BrClSi/c1-23(2,22)20-18-16-14-12-10-8-6-4-3-5-7-9-11-13-15-17-19-21/h3-20H2,1-2H3. The van der Waals surface area contributed by atoms with Crippen LogP contribution in [0.2, 0.25) is 19.1 Å². The highest BCUT2D eigenvalue weighted by atomic mass is 79.9. The van der Waals surface area contributed by atoms with Crippen LogP contribution >= 0.6 is 27.0 Å². The van der Waals surface area contributed by atoms with Crippen LogP contribution in [0, 0.1) is 0 Å². The van der Waals surface area contributed by atoms with Crippen LogP contribution in [0.25, 0.3) is 0 Å². The van der Waals surface area contributed by atoms with Crippen LogP contribution in [-0.2, 0) is 0 Å². The van der Waals surface area contributed by atoms with E-state index in [1.807, 2.05) is 0 Å². The van der Waals surface area contributed by atoms with Gasteiger partial charge in [-0.3, -0.25) is 0 Å². The van der Waals surface area contributed by atoms with Crippen LogP contribution < -0.4 is 0 Å². The van der Waals surface area contributed by atoms with Crippen molar-refractivity contribution in [3.63, 3.8) is 0 Å². The van der Waals surface area contributed by atoms with E-state index in [0.717, 1.165) is 0 Å². The maximum atomic E-state index is 6.34. The molecule has 0 saturated carbocycles. The minimum atomic E-state index is -1.30. The molecule has 0 nitrogen and oxygen atoms in total. The fourth-order valence-electron chi connectivity index (χ4n) is 3.11. The van der Waals surface area contributed by atoms with Gasteiger partial charge in [-0.2, -0.15) is 11.1 Å². The molecule has 0 aliphatic carbocycles. The zero-order valence-corrected chi connectivity index (χ0v) is 19.3. The molecule has 0 aliphatic heterocycles. The second-order valence-corrected chi connectivity index (χ2v) is 15.6. The molecular weight excluding hydrogens is 384 g/mol. The van der Waals surface area contributed by atoms with E-state index in [2.05, 4.69) is 29.0 Å². The van der Waals surface area contributed by atoms with E-state index >= 15 is 0 Å². The predicted molar refractivity (Wildman–Crippen MR) is 116 cm³/mol. The van der Waals surface area contributed by atoms with E-state index < -0.39 is 7.38 Å². The molecule has 0 atom stereocenters. The van der Waals surface area contributed by atoms with Crippen LogP contribution in [0.5, 0.6) is 0 Å². The minimum Gasteiger partial charge on any atom is -0.168 e. The van der Waals surface area contributed by atoms with Gasteiger partial charge in [0.1, 0.15) is 7.38 Å². The van der Waals surface area contributed by atoms with Crippen LogP contribution in [-0.4, -0.2) is 12.7 Å². The summed E-state index contributed by atoms with van der Waals surface area (Å²) in [4.78, 5) is 0. The molecule has 0 radical (unpaired) electrons. The molecule has 0 bridgehead atoms. The average Bonchev–Trinajstić information content (AvgIpc) is 2.49. The van der Waals surface area contributed by atoms with Gasteiger partial charge in [-0.05, 0) is 12.5 Å². The summed E-state index contributed by atoms with van der Waals surface area (Å²) in [7, 11) is -1.30. The van der Waals surface area contributed by atoms with Crippen molar-refractivity contribution < 1.29 is 0 Å². The lowest BCUT2D eigenvalue weighted by Gasteiger charge is -2.11. The van der Waals surface area contributed by atoms with Gasteiger partial charge in [0.2, 0.25) is 0 Å². The summed E-state index contributed by atoms with van der Waals surface area (Å²) in [5, 5.41) is 1.18. The van der Waals surface area contributed by atoms with E-state index in [0.29, 0.717) is 0 Å². The molecule has 0 N–H and O–H groups in total. The zero-order chi connectivity index (χ0) is 17.2. The Kier molecular flexibility index (Phi) is 18.6. The molecule has 0 spiro atoms. The molecule has 0 heterocycles. The number of rotatable bonds is 18. The van der Waals surface area contributed by atoms with Gasteiger partial charge in [0.25, 0.3) is 0 Å². The third kappa shape index (κ3) is 23.0. The fraction of sp³-hybridized carbons (Fsp3) is 1.00. The van der Waals surface area contributed by atoms with Crippen molar-refractivity contribution in [2.24, 2.45) is 0 Å². The molecule has 0 rings (SSSR count). The zero-order valence-electron chi connectivity index (χ0n) is 16.0. The molecular formula is C20H42BrClSi. The molecule has 140 valence electrons. The monoisotopic (exact) mass is 424 g/mol. The van der Waals surface area contributed by atoms with Crippen molar-refractivity contribution in [1.29, 1.82) is 0 Å². The number of hydrogen-bond donors (Lipinski definition) is 0. The number of halogens is 2. The third-order valence-corrected chi connectivity index (χ3v) is 7.33. The van der Waals surface area contributed by atoms with Gasteiger partial charge in [-0.1, -0.05) is 125 Å². The summed E-state index contributed by atoms with van der Waals surface area (Å²) in [5.41, 5.74) is 0. The first kappa shape index (κ1) is 24.0. The van der Waals surface area contributed by atoms with Crippen molar-refractivity contribution in [1.82, 2.24) is 0 Å². The first-order chi connectivity index (χ1) is 11.1. The van der Waals surface area contributed by atoms with Crippen LogP contribution in [0.15, 0.2) is 0 Å². The lowest BCUT2D eigenvalue weighted by molar-refractivity contribution is 0.531. The SMILES string of the molecule is C[Si](C)(Cl)CCCCCCCCCCCCCCCCCCBr. The highest BCUT2D eigenvalue weighted by Crippen LogP contribution is 2.19. The van der Waals surface area contributed by atoms with Crippen molar-refractivity contribution in [2.75, 3.05) is 5.33 Å². The summed E-state index contributed by atoms with van der Waals surface area (Å²) in [5.74, 6) is 0. The quantitative estimate of drug-likeness (QED) is 0.0888. The second-order valence-electron chi connectivity index (χ2n) is 7.81. The maximum Gasteiger partial charge on any atom is 0.150 e. The third-order valence-electron chi connectivity index (χ3n) is 4.65. The Morgan fingerprint density at radius 1 is 0.522 bits per heavy atom. The molecule has 0 aromatic carbocycles. The molecule has 0 aromatic heterocycles. The van der Waals surface area contributed by atoms with E-state index in [1.165, 1.54) is 114 Å². The van der Waals surface area contributed by atoms with Gasteiger partial charge >= 0.3 is 0 Å². The fourth-order valence-corrected chi connectivity index (χ4v) is 5.00. The van der Waals surface area contributed by atoms with Crippen molar-refractivity contribution >= 4 is 34.4 Å². The van der Waals surface area contributed by atoms with Gasteiger partial charge in [0, 0.05) is 5.33 Å². The maximum absolute atomic E-state index is 6.34. The first-order valence-electron chi connectivity index (χ1n) is 10.3. The molecule has 0 saturated heterocycles. The molecule has 3 heteroatoms. The summed E-state index contributed by atoms with van der Waals surface area (Å²) >= 11 is 9.84. The largest absolute Gasteiger partial charge is 0.168 e. The molecule has 23 heavy (non-hydrogen) atoms. The highest BCUT2D eigenvalue weighted by molar-refractivity contribution is 9.09. The Balaban J connectivity index is 3.00. The summed E-state index contributed by atoms with van der Waals surface area (Å²) in [6.45, 7) is 4.53. The first-order valence-corrected chi connectivity index (χ1v) is 15.7. The van der Waals surface area contributed by atoms with Crippen molar-refractivity contribution in [3.05, 3.63) is 0 Å². The predicted octanol–water partition coefficient (Wildman–Crippen LogP) is 9.07. The lowest BCUT2D eigenvalue weighted by Crippen LogP contribution is -2.14. The summed E-state index contributed by atoms with van der Waals surface area (Å²) in [6.07, 6.45) is 23.0. The Morgan fingerprint density at radius 2 is 0.783 bits per heavy atom. The molecule has 0 aromatic rings. The molecule has 0 unspecified atom stereocenters. The smallest absolute Gasteiger partial charge is 0.150 e. The number of alkyl halides is 1. The van der Waals surface area contributed by atoms with Gasteiger partial charge in [-0.15, -0.1) is 0 Å². The Labute approximate surface area is 161 Å². The minimum absolute atomic E-state index is 1.18. The summed E-state index contributed by atoms with van der Waals surface area (Å²) < 4.78 is 0. The Bertz CT molecular complexity index is 228. The van der Waals surface area contributed by atoms with Crippen LogP contribution in [0.4, 0.5) is 0 Å². The Morgan fingerprint density at radius 3 is 1.04 bits per heavy atom. The van der Waals surface area contributed by atoms with E-state index in [4.69, 9.17) is 11.1 Å². The highest BCUT2D eigenvalue weighted by Gasteiger charge is 2.15. The average molecular weight is 426 g/mol. The van der Waals surface area contributed by atoms with Gasteiger partial charge < -0.3 is 0 Å². The summed E-state index contributed by atoms with van der Waals surface area (Å²) in [6, 6.07) is 1.30. The second kappa shape index (κ2) is 17.8. The van der Waals surface area contributed by atoms with Gasteiger partial charge in [0.15, 0.2) is 0 Å². The Hall–Kier alpha value is 0.987. The molecule has 0 aliphatic rings. The lowest BCUT2D eigenvalue weighted by atomic mass is 10.0. The van der Waals surface area contributed by atoms with E-state index in [1.54, 1.807) is 0 Å². The van der Waals surface area contributed by atoms with E-state index in [9.17, 15) is 0 Å². The van der Waals surface area contributed by atoms with E-state index in [-0.39, 0.29) is 0 Å². The van der Waals surface area contributed by atoms with Gasteiger partial charge in [0.05, 0.1) is 0 Å². The van der Waals surface area contributed by atoms with Crippen molar-refractivity contribution in [3.8, 4) is 0 Å². The number of hydrogen-bond acceptors (Lipinski definition) is 0. The van der Waals surface area contributed by atoms with Crippen molar-refractivity contribution in [2.45, 2.75) is 122 Å². The van der Waals surface area contributed by atoms with Crippen LogP contribution in [0.3, 0.4) is 0 Å². The van der Waals surface area contributed by atoms with Gasteiger partial charge in [-0.25, -0.2) is 0 Å².